The van der Waals surface area contributed by atoms with Crippen molar-refractivity contribution in [3.8, 4) is 33.9 Å². The summed E-state index contributed by atoms with van der Waals surface area (Å²) < 4.78 is 0. The van der Waals surface area contributed by atoms with E-state index in [1.165, 1.54) is 0 Å². The van der Waals surface area contributed by atoms with Crippen LogP contribution in [0.5, 0.6) is 0 Å². The second-order valence-electron chi connectivity index (χ2n) is 8.48. The van der Waals surface area contributed by atoms with Gasteiger partial charge in [-0.15, -0.1) is 0 Å². The van der Waals surface area contributed by atoms with E-state index in [4.69, 9.17) is 4.98 Å². The minimum Gasteiger partial charge on any atom is -0.213 e. The second kappa shape index (κ2) is 17.8. The van der Waals surface area contributed by atoms with E-state index in [9.17, 15) is 0 Å². The van der Waals surface area contributed by atoms with Crippen molar-refractivity contribution in [2.75, 3.05) is 0 Å². The van der Waals surface area contributed by atoms with Gasteiger partial charge < -0.3 is 0 Å². The van der Waals surface area contributed by atoms with Crippen LogP contribution in [0.2, 0.25) is 0 Å². The molecule has 3 nitrogen and oxygen atoms in total. The standard InChI is InChI=1S/C28H23N3.C7H12.C2H6/c1-4-11-21(5-2)23-14-9-16-25(18-23)27-29-20(3)30-28(31-27)26-17-10-15-24(19-26)22-12-7-6-8-13-22;1-3-5-7-6-4-2;1-2/h4-19H,1-2H2,3H3;3,5-7H,4H2,1-2H3;1-2H3/b21-11+;5-3-,7-6-;. The Labute approximate surface area is 241 Å². The molecule has 1 aromatic heterocycles. The van der Waals surface area contributed by atoms with Crippen LogP contribution in [-0.4, -0.2) is 15.0 Å². The van der Waals surface area contributed by atoms with Gasteiger partial charge in [0.05, 0.1) is 0 Å². The van der Waals surface area contributed by atoms with Gasteiger partial charge in [-0.2, -0.15) is 0 Å². The molecular formula is C37H41N3. The second-order valence-corrected chi connectivity index (χ2v) is 8.48. The lowest BCUT2D eigenvalue weighted by atomic mass is 10.0. The van der Waals surface area contributed by atoms with Crippen molar-refractivity contribution in [3.05, 3.63) is 146 Å². The van der Waals surface area contributed by atoms with Crippen molar-refractivity contribution < 1.29 is 0 Å². The topological polar surface area (TPSA) is 38.7 Å². The minimum atomic E-state index is 0.650. The van der Waals surface area contributed by atoms with Gasteiger partial charge in [0.1, 0.15) is 5.82 Å². The summed E-state index contributed by atoms with van der Waals surface area (Å²) in [5, 5.41) is 0. The Balaban J connectivity index is 0.000000545. The molecule has 0 unspecified atom stereocenters. The molecule has 0 spiro atoms. The number of aryl methyl sites for hydroxylation is 1. The highest BCUT2D eigenvalue weighted by atomic mass is 15.0. The van der Waals surface area contributed by atoms with Crippen LogP contribution >= 0.6 is 0 Å². The fraction of sp³-hybridized carbons (Fsp3) is 0.162. The van der Waals surface area contributed by atoms with E-state index in [1.54, 1.807) is 6.08 Å². The molecule has 0 amide bonds. The van der Waals surface area contributed by atoms with Gasteiger partial charge in [-0.3, -0.25) is 0 Å². The summed E-state index contributed by atoms with van der Waals surface area (Å²) in [5.74, 6) is 1.99. The Morgan fingerprint density at radius 2 is 1.32 bits per heavy atom. The fourth-order valence-electron chi connectivity index (χ4n) is 3.78. The van der Waals surface area contributed by atoms with E-state index in [0.29, 0.717) is 17.5 Å². The van der Waals surface area contributed by atoms with E-state index >= 15 is 0 Å². The van der Waals surface area contributed by atoms with Crippen LogP contribution < -0.4 is 0 Å². The van der Waals surface area contributed by atoms with E-state index in [2.05, 4.69) is 72.5 Å². The van der Waals surface area contributed by atoms with E-state index < -0.39 is 0 Å². The van der Waals surface area contributed by atoms with Crippen molar-refractivity contribution >= 4 is 5.57 Å². The molecule has 3 aromatic carbocycles. The number of benzene rings is 3. The van der Waals surface area contributed by atoms with E-state index in [-0.39, 0.29) is 0 Å². The zero-order valence-electron chi connectivity index (χ0n) is 24.5. The molecule has 0 radical (unpaired) electrons. The molecule has 4 rings (SSSR count). The first-order chi connectivity index (χ1) is 19.6. The zero-order chi connectivity index (χ0) is 29.2. The van der Waals surface area contributed by atoms with Crippen LogP contribution in [0.3, 0.4) is 0 Å². The summed E-state index contributed by atoms with van der Waals surface area (Å²) in [6.07, 6.45) is 14.9. The maximum absolute atomic E-state index is 4.79. The minimum absolute atomic E-state index is 0.650. The number of hydrogen-bond donors (Lipinski definition) is 0. The first kappa shape index (κ1) is 31.6. The maximum Gasteiger partial charge on any atom is 0.163 e. The highest BCUT2D eigenvalue weighted by Crippen LogP contribution is 2.27. The van der Waals surface area contributed by atoms with Gasteiger partial charge in [0.25, 0.3) is 0 Å². The Morgan fingerprint density at radius 1 is 0.725 bits per heavy atom. The molecule has 4 aromatic rings. The van der Waals surface area contributed by atoms with Crippen LogP contribution in [0.1, 0.15) is 45.5 Å². The van der Waals surface area contributed by atoms with E-state index in [1.807, 2.05) is 101 Å². The molecule has 1 heterocycles. The van der Waals surface area contributed by atoms with Crippen molar-refractivity contribution in [1.82, 2.24) is 15.0 Å². The molecule has 0 bridgehead atoms. The highest BCUT2D eigenvalue weighted by Gasteiger charge is 2.10. The smallest absolute Gasteiger partial charge is 0.163 e. The van der Waals surface area contributed by atoms with Crippen molar-refractivity contribution in [3.63, 3.8) is 0 Å². The summed E-state index contributed by atoms with van der Waals surface area (Å²) >= 11 is 0. The SMILES string of the molecule is C/C=C\C=C/CC.C=C/C=C(\C=C)c1cccc(-c2nc(C)nc(-c3cccc(-c4ccccc4)c3)n2)c1.CC. The Bertz CT molecular complexity index is 1440. The molecule has 40 heavy (non-hydrogen) atoms. The monoisotopic (exact) mass is 527 g/mol. The van der Waals surface area contributed by atoms with Crippen molar-refractivity contribution in [2.45, 2.75) is 41.0 Å². The average Bonchev–Trinajstić information content (AvgIpc) is 3.02. The number of nitrogens with zero attached hydrogens (tertiary/aromatic N) is 3. The summed E-state index contributed by atoms with van der Waals surface area (Å²) in [4.78, 5) is 14.0. The van der Waals surface area contributed by atoms with E-state index in [0.717, 1.165) is 39.8 Å². The van der Waals surface area contributed by atoms with Crippen LogP contribution in [0.25, 0.3) is 39.5 Å². The van der Waals surface area contributed by atoms with Crippen LogP contribution in [-0.2, 0) is 0 Å². The molecule has 0 aliphatic rings. The van der Waals surface area contributed by atoms with Crippen LogP contribution in [0.15, 0.2) is 135 Å². The summed E-state index contributed by atoms with van der Waals surface area (Å²) in [7, 11) is 0. The van der Waals surface area contributed by atoms with Gasteiger partial charge >= 0.3 is 0 Å². The van der Waals surface area contributed by atoms with Gasteiger partial charge in [0.2, 0.25) is 0 Å². The number of hydrogen-bond acceptors (Lipinski definition) is 3. The molecular weight excluding hydrogens is 486 g/mol. The number of aromatic nitrogens is 3. The molecule has 0 saturated carbocycles. The largest absolute Gasteiger partial charge is 0.213 e. The van der Waals surface area contributed by atoms with Crippen LogP contribution in [0, 0.1) is 6.92 Å². The Hall–Kier alpha value is -4.63. The quantitative estimate of drug-likeness (QED) is 0.214. The molecule has 0 fully saturated rings. The van der Waals surface area contributed by atoms with Gasteiger partial charge in [0.15, 0.2) is 11.6 Å². The lowest BCUT2D eigenvalue weighted by molar-refractivity contribution is 0.992. The van der Waals surface area contributed by atoms with Gasteiger partial charge in [-0.25, -0.2) is 15.0 Å². The fourth-order valence-corrected chi connectivity index (χ4v) is 3.78. The van der Waals surface area contributed by atoms with Crippen molar-refractivity contribution in [2.24, 2.45) is 0 Å². The third-order valence-corrected chi connectivity index (χ3v) is 5.62. The Morgan fingerprint density at radius 3 is 1.93 bits per heavy atom. The summed E-state index contributed by atoms with van der Waals surface area (Å²) in [6, 6.07) is 26.7. The third-order valence-electron chi connectivity index (χ3n) is 5.62. The predicted octanol–water partition coefficient (Wildman–Crippen LogP) is 10.5. The molecule has 0 atom stereocenters. The van der Waals surface area contributed by atoms with Crippen LogP contribution in [0.4, 0.5) is 0 Å². The highest BCUT2D eigenvalue weighted by molar-refractivity contribution is 5.77. The molecule has 3 heteroatoms. The first-order valence-corrected chi connectivity index (χ1v) is 13.8. The molecule has 0 N–H and O–H groups in total. The molecule has 0 aliphatic heterocycles. The Kier molecular flexibility index (Phi) is 14.1. The van der Waals surface area contributed by atoms with Gasteiger partial charge in [0, 0.05) is 11.1 Å². The number of allylic oxidation sites excluding steroid dienone is 8. The number of rotatable bonds is 8. The van der Waals surface area contributed by atoms with Crippen molar-refractivity contribution in [1.29, 1.82) is 0 Å². The molecule has 0 aliphatic carbocycles. The predicted molar refractivity (Wildman–Crippen MR) is 175 cm³/mol. The first-order valence-electron chi connectivity index (χ1n) is 13.8. The molecule has 204 valence electrons. The maximum atomic E-state index is 4.79. The zero-order valence-corrected chi connectivity index (χ0v) is 24.5. The van der Waals surface area contributed by atoms with Gasteiger partial charge in [-0.05, 0) is 54.7 Å². The summed E-state index contributed by atoms with van der Waals surface area (Å²) in [5.41, 5.74) is 6.22. The normalized spacial score (nSPS) is 10.9. The molecule has 0 saturated heterocycles. The van der Waals surface area contributed by atoms with Gasteiger partial charge in [-0.1, -0.05) is 143 Å². The summed E-state index contributed by atoms with van der Waals surface area (Å²) in [6.45, 7) is 17.7. The lowest BCUT2D eigenvalue weighted by Gasteiger charge is -2.09. The average molecular weight is 528 g/mol. The third kappa shape index (κ3) is 9.59. The lowest BCUT2D eigenvalue weighted by Crippen LogP contribution is -2.00.